The van der Waals surface area contributed by atoms with Gasteiger partial charge in [-0.1, -0.05) is 0 Å². The first-order chi connectivity index (χ1) is 7.13. The molecule has 1 N–H and O–H groups in total. The molecule has 0 bridgehead atoms. The topological polar surface area (TPSA) is 39.1 Å². The first kappa shape index (κ1) is 12.5. The SMILES string of the molecule is CC(CC#N)NCC1CCN(C(C)C)C1. The predicted molar refractivity (Wildman–Crippen MR) is 62.5 cm³/mol. The summed E-state index contributed by atoms with van der Waals surface area (Å²) >= 11 is 0. The van der Waals surface area contributed by atoms with Crippen molar-refractivity contribution >= 4 is 0 Å². The van der Waals surface area contributed by atoms with E-state index in [-0.39, 0.29) is 0 Å². The maximum atomic E-state index is 8.55. The lowest BCUT2D eigenvalue weighted by Gasteiger charge is -2.20. The molecule has 1 saturated heterocycles. The Morgan fingerprint density at radius 1 is 1.47 bits per heavy atom. The number of nitriles is 1. The van der Waals surface area contributed by atoms with Gasteiger partial charge in [-0.05, 0) is 46.2 Å². The van der Waals surface area contributed by atoms with Crippen molar-refractivity contribution < 1.29 is 0 Å². The van der Waals surface area contributed by atoms with Gasteiger partial charge in [-0.3, -0.25) is 0 Å². The van der Waals surface area contributed by atoms with Crippen LogP contribution in [0.15, 0.2) is 0 Å². The lowest BCUT2D eigenvalue weighted by atomic mass is 10.1. The molecule has 1 heterocycles. The molecule has 0 saturated carbocycles. The van der Waals surface area contributed by atoms with Crippen LogP contribution in [0.25, 0.3) is 0 Å². The Hall–Kier alpha value is -0.590. The second-order valence-electron chi connectivity index (χ2n) is 4.91. The van der Waals surface area contributed by atoms with Gasteiger partial charge in [0.2, 0.25) is 0 Å². The molecule has 1 rings (SSSR count). The van der Waals surface area contributed by atoms with Gasteiger partial charge in [-0.25, -0.2) is 0 Å². The smallest absolute Gasteiger partial charge is 0.0638 e. The maximum Gasteiger partial charge on any atom is 0.0638 e. The molecule has 0 aliphatic carbocycles. The molecule has 15 heavy (non-hydrogen) atoms. The Kier molecular flexibility index (Phi) is 5.07. The Balaban J connectivity index is 2.17. The largest absolute Gasteiger partial charge is 0.313 e. The highest BCUT2D eigenvalue weighted by Crippen LogP contribution is 2.17. The lowest BCUT2D eigenvalue weighted by Crippen LogP contribution is -2.33. The standard InChI is InChI=1S/C12H23N3/c1-10(2)15-7-5-12(9-15)8-14-11(3)4-6-13/h10-12,14H,4-5,7-9H2,1-3H3. The summed E-state index contributed by atoms with van der Waals surface area (Å²) in [7, 11) is 0. The van der Waals surface area contributed by atoms with Crippen molar-refractivity contribution in [2.24, 2.45) is 5.92 Å². The summed E-state index contributed by atoms with van der Waals surface area (Å²) in [6, 6.07) is 3.21. The van der Waals surface area contributed by atoms with E-state index in [0.29, 0.717) is 18.5 Å². The molecule has 0 aromatic rings. The van der Waals surface area contributed by atoms with Gasteiger partial charge >= 0.3 is 0 Å². The highest BCUT2D eigenvalue weighted by atomic mass is 15.2. The normalized spacial score (nSPS) is 24.3. The fraction of sp³-hybridized carbons (Fsp3) is 0.917. The van der Waals surface area contributed by atoms with Crippen LogP contribution in [0, 0.1) is 17.2 Å². The molecule has 1 fully saturated rings. The summed E-state index contributed by atoms with van der Waals surface area (Å²) in [6.45, 7) is 10.1. The minimum Gasteiger partial charge on any atom is -0.313 e. The Bertz CT molecular complexity index is 219. The van der Waals surface area contributed by atoms with Crippen LogP contribution in [-0.2, 0) is 0 Å². The summed E-state index contributed by atoms with van der Waals surface area (Å²) in [5.41, 5.74) is 0. The van der Waals surface area contributed by atoms with Crippen LogP contribution in [0.2, 0.25) is 0 Å². The fourth-order valence-corrected chi connectivity index (χ4v) is 2.08. The van der Waals surface area contributed by atoms with Crippen LogP contribution < -0.4 is 5.32 Å². The van der Waals surface area contributed by atoms with E-state index in [2.05, 4.69) is 37.1 Å². The molecule has 0 spiro atoms. The van der Waals surface area contributed by atoms with Crippen LogP contribution in [0.4, 0.5) is 0 Å². The third-order valence-electron chi connectivity index (χ3n) is 3.20. The number of hydrogen-bond acceptors (Lipinski definition) is 3. The highest BCUT2D eigenvalue weighted by Gasteiger charge is 2.23. The van der Waals surface area contributed by atoms with E-state index in [4.69, 9.17) is 5.26 Å². The highest BCUT2D eigenvalue weighted by molar-refractivity contribution is 4.82. The van der Waals surface area contributed by atoms with Crippen LogP contribution in [0.1, 0.15) is 33.6 Å². The van der Waals surface area contributed by atoms with Crippen molar-refractivity contribution in [3.8, 4) is 6.07 Å². The average Bonchev–Trinajstić information content (AvgIpc) is 2.63. The minimum absolute atomic E-state index is 0.336. The summed E-state index contributed by atoms with van der Waals surface area (Å²) in [5, 5.41) is 12.0. The second kappa shape index (κ2) is 6.09. The van der Waals surface area contributed by atoms with Crippen LogP contribution >= 0.6 is 0 Å². The van der Waals surface area contributed by atoms with E-state index in [0.717, 1.165) is 12.5 Å². The van der Waals surface area contributed by atoms with Gasteiger partial charge < -0.3 is 10.2 Å². The molecule has 0 radical (unpaired) electrons. The molecule has 86 valence electrons. The van der Waals surface area contributed by atoms with Gasteiger partial charge in [0, 0.05) is 18.6 Å². The molecule has 1 aliphatic heterocycles. The van der Waals surface area contributed by atoms with Crippen LogP contribution in [0.5, 0.6) is 0 Å². The number of nitrogens with one attached hydrogen (secondary N) is 1. The summed E-state index contributed by atoms with van der Waals surface area (Å²) in [5.74, 6) is 0.772. The summed E-state index contributed by atoms with van der Waals surface area (Å²) in [4.78, 5) is 2.53. The van der Waals surface area contributed by atoms with Gasteiger partial charge in [0.15, 0.2) is 0 Å². The summed E-state index contributed by atoms with van der Waals surface area (Å²) < 4.78 is 0. The van der Waals surface area contributed by atoms with E-state index in [1.165, 1.54) is 19.5 Å². The number of rotatable bonds is 5. The molecule has 0 amide bonds. The van der Waals surface area contributed by atoms with E-state index in [1.54, 1.807) is 0 Å². The zero-order valence-corrected chi connectivity index (χ0v) is 10.2. The van der Waals surface area contributed by atoms with E-state index < -0.39 is 0 Å². The van der Waals surface area contributed by atoms with E-state index in [1.807, 2.05) is 0 Å². The van der Waals surface area contributed by atoms with Gasteiger partial charge in [0.1, 0.15) is 0 Å². The number of nitrogens with zero attached hydrogens (tertiary/aromatic N) is 2. The third kappa shape index (κ3) is 4.19. The quantitative estimate of drug-likeness (QED) is 0.747. The lowest BCUT2D eigenvalue weighted by molar-refractivity contribution is 0.263. The molecule has 1 aliphatic rings. The maximum absolute atomic E-state index is 8.55. The van der Waals surface area contributed by atoms with Crippen molar-refractivity contribution in [2.45, 2.75) is 45.7 Å². The monoisotopic (exact) mass is 209 g/mol. The summed E-state index contributed by atoms with van der Waals surface area (Å²) in [6.07, 6.45) is 1.91. The molecule has 3 heteroatoms. The first-order valence-corrected chi connectivity index (χ1v) is 5.98. The van der Waals surface area contributed by atoms with Crippen LogP contribution in [-0.4, -0.2) is 36.6 Å². The molecular formula is C12H23N3. The minimum atomic E-state index is 0.336. The molecule has 3 nitrogen and oxygen atoms in total. The van der Waals surface area contributed by atoms with Crippen molar-refractivity contribution in [3.05, 3.63) is 0 Å². The molecule has 0 aromatic carbocycles. The third-order valence-corrected chi connectivity index (χ3v) is 3.20. The van der Waals surface area contributed by atoms with Crippen molar-refractivity contribution in [1.82, 2.24) is 10.2 Å². The predicted octanol–water partition coefficient (Wildman–Crippen LogP) is 1.61. The second-order valence-corrected chi connectivity index (χ2v) is 4.91. The van der Waals surface area contributed by atoms with Crippen molar-refractivity contribution in [1.29, 1.82) is 5.26 Å². The first-order valence-electron chi connectivity index (χ1n) is 5.98. The average molecular weight is 209 g/mol. The van der Waals surface area contributed by atoms with Gasteiger partial charge in [0.25, 0.3) is 0 Å². The Morgan fingerprint density at radius 2 is 2.20 bits per heavy atom. The van der Waals surface area contributed by atoms with Gasteiger partial charge in [-0.2, -0.15) is 5.26 Å². The van der Waals surface area contributed by atoms with Crippen molar-refractivity contribution in [3.63, 3.8) is 0 Å². The Labute approximate surface area is 93.5 Å². The van der Waals surface area contributed by atoms with Crippen LogP contribution in [0.3, 0.4) is 0 Å². The molecule has 2 unspecified atom stereocenters. The number of likely N-dealkylation sites (tertiary alicyclic amines) is 1. The zero-order valence-electron chi connectivity index (χ0n) is 10.2. The van der Waals surface area contributed by atoms with Gasteiger partial charge in [0.05, 0.1) is 12.5 Å². The molecular weight excluding hydrogens is 186 g/mol. The molecule has 0 aromatic heterocycles. The zero-order chi connectivity index (χ0) is 11.3. The van der Waals surface area contributed by atoms with E-state index in [9.17, 15) is 0 Å². The fourth-order valence-electron chi connectivity index (χ4n) is 2.08. The van der Waals surface area contributed by atoms with E-state index >= 15 is 0 Å². The van der Waals surface area contributed by atoms with Crippen molar-refractivity contribution in [2.75, 3.05) is 19.6 Å². The Morgan fingerprint density at radius 3 is 2.73 bits per heavy atom. The molecule has 2 atom stereocenters. The van der Waals surface area contributed by atoms with Gasteiger partial charge in [-0.15, -0.1) is 0 Å². The number of hydrogen-bond donors (Lipinski definition) is 1.